The second kappa shape index (κ2) is 8.10. The number of anilines is 1. The Balaban J connectivity index is 1.59. The molecule has 0 fully saturated rings. The van der Waals surface area contributed by atoms with Gasteiger partial charge in [0.25, 0.3) is 0 Å². The number of carbonyl (C=O) groups is 1. The number of pyridine rings is 1. The summed E-state index contributed by atoms with van der Waals surface area (Å²) in [6.45, 7) is 3.18. The third-order valence-corrected chi connectivity index (χ3v) is 3.89. The van der Waals surface area contributed by atoms with Gasteiger partial charge in [0, 0.05) is 37.1 Å². The highest BCUT2D eigenvalue weighted by Crippen LogP contribution is 2.22. The van der Waals surface area contributed by atoms with Crippen LogP contribution in [0.25, 0.3) is 11.3 Å². The van der Waals surface area contributed by atoms with E-state index in [-0.39, 0.29) is 6.03 Å². The zero-order valence-corrected chi connectivity index (χ0v) is 14.1. The highest BCUT2D eigenvalue weighted by atomic mass is 16.5. The number of carbonyl (C=O) groups excluding carboxylic acids is 1. The van der Waals surface area contributed by atoms with Gasteiger partial charge in [-0.05, 0) is 31.0 Å². The number of hydrogen-bond acceptors (Lipinski definition) is 4. The van der Waals surface area contributed by atoms with E-state index in [1.54, 1.807) is 23.4 Å². The van der Waals surface area contributed by atoms with Crippen molar-refractivity contribution in [3.05, 3.63) is 66.5 Å². The molecule has 128 valence electrons. The number of aromatic nitrogens is 2. The summed E-state index contributed by atoms with van der Waals surface area (Å²) in [5.74, 6) is 1.03. The molecule has 0 saturated heterocycles. The van der Waals surface area contributed by atoms with Crippen molar-refractivity contribution in [1.82, 2.24) is 15.0 Å². The van der Waals surface area contributed by atoms with Gasteiger partial charge in [-0.1, -0.05) is 35.5 Å². The van der Waals surface area contributed by atoms with Crippen molar-refractivity contribution >= 4 is 11.8 Å². The van der Waals surface area contributed by atoms with Crippen molar-refractivity contribution in [2.45, 2.75) is 13.3 Å². The minimum atomic E-state index is -0.190. The summed E-state index contributed by atoms with van der Waals surface area (Å²) in [5, 5.41) is 6.71. The molecule has 1 N–H and O–H groups in total. The first kappa shape index (κ1) is 16.7. The molecule has 0 radical (unpaired) electrons. The van der Waals surface area contributed by atoms with Crippen LogP contribution in [0.5, 0.6) is 0 Å². The minimum absolute atomic E-state index is 0.190. The van der Waals surface area contributed by atoms with Crippen LogP contribution >= 0.6 is 0 Å². The fraction of sp³-hybridized carbons (Fsp3) is 0.211. The molecule has 0 aliphatic heterocycles. The molecule has 0 aliphatic rings. The molecule has 0 spiro atoms. The maximum atomic E-state index is 12.4. The quantitative estimate of drug-likeness (QED) is 0.742. The summed E-state index contributed by atoms with van der Waals surface area (Å²) >= 11 is 0. The molecule has 3 rings (SSSR count). The summed E-state index contributed by atoms with van der Waals surface area (Å²) < 4.78 is 5.30. The standard InChI is InChI=1S/C19H20N4O2/c1-2-23(13-10-15-8-11-20-12-9-15)19(24)21-18-14-17(25-22-18)16-6-4-3-5-7-16/h3-9,11-12,14H,2,10,13H2,1H3,(H,21,22,24). The van der Waals surface area contributed by atoms with Gasteiger partial charge in [-0.2, -0.15) is 0 Å². The van der Waals surface area contributed by atoms with Crippen LogP contribution in [0.3, 0.4) is 0 Å². The predicted molar refractivity (Wildman–Crippen MR) is 96.1 cm³/mol. The first-order chi connectivity index (χ1) is 12.3. The molecular formula is C19H20N4O2. The molecule has 2 aromatic heterocycles. The van der Waals surface area contributed by atoms with Crippen LogP contribution in [0.2, 0.25) is 0 Å². The van der Waals surface area contributed by atoms with Gasteiger partial charge in [0.1, 0.15) is 0 Å². The molecule has 0 unspecified atom stereocenters. The van der Waals surface area contributed by atoms with Crippen molar-refractivity contribution in [2.75, 3.05) is 18.4 Å². The first-order valence-electron chi connectivity index (χ1n) is 8.23. The maximum Gasteiger partial charge on any atom is 0.323 e. The molecule has 0 saturated carbocycles. The minimum Gasteiger partial charge on any atom is -0.354 e. The normalized spacial score (nSPS) is 10.4. The third-order valence-electron chi connectivity index (χ3n) is 3.89. The molecule has 6 nitrogen and oxygen atoms in total. The molecular weight excluding hydrogens is 316 g/mol. The largest absolute Gasteiger partial charge is 0.354 e. The number of hydrogen-bond donors (Lipinski definition) is 1. The number of nitrogens with one attached hydrogen (secondary N) is 1. The summed E-state index contributed by atoms with van der Waals surface area (Å²) in [6.07, 6.45) is 4.29. The fourth-order valence-electron chi connectivity index (χ4n) is 2.48. The van der Waals surface area contributed by atoms with E-state index in [0.29, 0.717) is 24.7 Å². The number of amides is 2. The molecule has 2 heterocycles. The zero-order valence-electron chi connectivity index (χ0n) is 14.1. The summed E-state index contributed by atoms with van der Waals surface area (Å²) in [5.41, 5.74) is 2.06. The molecule has 0 aliphatic carbocycles. The molecule has 0 bridgehead atoms. The van der Waals surface area contributed by atoms with E-state index in [0.717, 1.165) is 17.5 Å². The number of likely N-dealkylation sites (N-methyl/N-ethyl adjacent to an activating group) is 1. The van der Waals surface area contributed by atoms with E-state index < -0.39 is 0 Å². The molecule has 1 aromatic carbocycles. The van der Waals surface area contributed by atoms with Gasteiger partial charge in [0.05, 0.1) is 0 Å². The second-order valence-electron chi connectivity index (χ2n) is 5.56. The van der Waals surface area contributed by atoms with Crippen LogP contribution < -0.4 is 5.32 Å². The Morgan fingerprint density at radius 2 is 1.92 bits per heavy atom. The number of urea groups is 1. The van der Waals surface area contributed by atoms with Crippen molar-refractivity contribution in [3.8, 4) is 11.3 Å². The Labute approximate surface area is 146 Å². The predicted octanol–water partition coefficient (Wildman–Crippen LogP) is 3.83. The first-order valence-corrected chi connectivity index (χ1v) is 8.23. The lowest BCUT2D eigenvalue weighted by atomic mass is 10.2. The Morgan fingerprint density at radius 1 is 1.16 bits per heavy atom. The summed E-state index contributed by atoms with van der Waals surface area (Å²) in [6, 6.07) is 15.1. The van der Waals surface area contributed by atoms with Crippen LogP contribution in [0.4, 0.5) is 10.6 Å². The number of nitrogens with zero attached hydrogens (tertiary/aromatic N) is 3. The van der Waals surface area contributed by atoms with E-state index in [9.17, 15) is 4.79 Å². The van der Waals surface area contributed by atoms with Gasteiger partial charge in [-0.25, -0.2) is 4.79 Å². The van der Waals surface area contributed by atoms with Crippen molar-refractivity contribution in [3.63, 3.8) is 0 Å². The molecule has 25 heavy (non-hydrogen) atoms. The van der Waals surface area contributed by atoms with Crippen LogP contribution in [-0.4, -0.2) is 34.2 Å². The zero-order chi connectivity index (χ0) is 17.5. The third kappa shape index (κ3) is 4.44. The lowest BCUT2D eigenvalue weighted by Crippen LogP contribution is -2.36. The molecule has 6 heteroatoms. The van der Waals surface area contributed by atoms with Crippen molar-refractivity contribution in [2.24, 2.45) is 0 Å². The highest BCUT2D eigenvalue weighted by molar-refractivity contribution is 5.88. The SMILES string of the molecule is CCN(CCc1ccncc1)C(=O)Nc1cc(-c2ccccc2)on1. The van der Waals surface area contributed by atoms with Gasteiger partial charge in [0.15, 0.2) is 11.6 Å². The average Bonchev–Trinajstić information content (AvgIpc) is 3.12. The average molecular weight is 336 g/mol. The van der Waals surface area contributed by atoms with E-state index in [1.165, 1.54) is 0 Å². The maximum absolute atomic E-state index is 12.4. The smallest absolute Gasteiger partial charge is 0.323 e. The Bertz CT molecular complexity index is 803. The monoisotopic (exact) mass is 336 g/mol. The molecule has 0 atom stereocenters. The van der Waals surface area contributed by atoms with Gasteiger partial charge >= 0.3 is 6.03 Å². The van der Waals surface area contributed by atoms with Crippen LogP contribution in [0.1, 0.15) is 12.5 Å². The highest BCUT2D eigenvalue weighted by Gasteiger charge is 2.14. The van der Waals surface area contributed by atoms with Crippen molar-refractivity contribution in [1.29, 1.82) is 0 Å². The van der Waals surface area contributed by atoms with Gasteiger partial charge in [-0.15, -0.1) is 0 Å². The fourth-order valence-corrected chi connectivity index (χ4v) is 2.48. The number of benzene rings is 1. The topological polar surface area (TPSA) is 71.3 Å². The van der Waals surface area contributed by atoms with E-state index in [2.05, 4.69) is 15.5 Å². The Kier molecular flexibility index (Phi) is 5.41. The van der Waals surface area contributed by atoms with Crippen molar-refractivity contribution < 1.29 is 9.32 Å². The van der Waals surface area contributed by atoms with Crippen LogP contribution in [0, 0.1) is 0 Å². The Hall–Kier alpha value is -3.15. The lowest BCUT2D eigenvalue weighted by molar-refractivity contribution is 0.215. The summed E-state index contributed by atoms with van der Waals surface area (Å²) in [7, 11) is 0. The van der Waals surface area contributed by atoms with Crippen LogP contribution in [0.15, 0.2) is 65.4 Å². The number of rotatable bonds is 6. The van der Waals surface area contributed by atoms with Gasteiger partial charge < -0.3 is 9.42 Å². The molecule has 2 amide bonds. The second-order valence-corrected chi connectivity index (χ2v) is 5.56. The van der Waals surface area contributed by atoms with Crippen LogP contribution in [-0.2, 0) is 6.42 Å². The van der Waals surface area contributed by atoms with Gasteiger partial charge in [0.2, 0.25) is 0 Å². The molecule has 3 aromatic rings. The van der Waals surface area contributed by atoms with E-state index >= 15 is 0 Å². The van der Waals surface area contributed by atoms with Gasteiger partial charge in [-0.3, -0.25) is 10.3 Å². The van der Waals surface area contributed by atoms with E-state index in [4.69, 9.17) is 4.52 Å². The summed E-state index contributed by atoms with van der Waals surface area (Å²) in [4.78, 5) is 18.2. The van der Waals surface area contributed by atoms with E-state index in [1.807, 2.05) is 49.4 Å². The Morgan fingerprint density at radius 3 is 2.64 bits per heavy atom. The lowest BCUT2D eigenvalue weighted by Gasteiger charge is -2.20.